The van der Waals surface area contributed by atoms with E-state index in [4.69, 9.17) is 0 Å². The Morgan fingerprint density at radius 1 is 1.37 bits per heavy atom. The summed E-state index contributed by atoms with van der Waals surface area (Å²) in [6.07, 6.45) is 4.38. The Labute approximate surface area is 116 Å². The van der Waals surface area contributed by atoms with E-state index in [1.54, 1.807) is 0 Å². The Bertz CT molecular complexity index is 311. The molecule has 2 saturated heterocycles. The molecule has 2 rings (SSSR count). The molecule has 0 radical (unpaired) electrons. The molecule has 0 aromatic carbocycles. The molecular weight excluding hydrogens is 240 g/mol. The van der Waals surface area contributed by atoms with E-state index in [1.807, 2.05) is 4.90 Å². The fourth-order valence-corrected chi connectivity index (χ4v) is 3.45. The molecule has 2 heterocycles. The van der Waals surface area contributed by atoms with Crippen molar-refractivity contribution in [1.29, 1.82) is 0 Å². The number of hydrogen-bond donors (Lipinski definition) is 2. The molecule has 4 nitrogen and oxygen atoms in total. The molecular formula is C15H28N2O2. The lowest BCUT2D eigenvalue weighted by Gasteiger charge is -2.42. The first-order valence-corrected chi connectivity index (χ1v) is 7.66. The van der Waals surface area contributed by atoms with E-state index >= 15 is 0 Å². The quantitative estimate of drug-likeness (QED) is 0.810. The van der Waals surface area contributed by atoms with Crippen LogP contribution < -0.4 is 5.32 Å². The number of aliphatic hydroxyl groups excluding tert-OH is 1. The minimum Gasteiger partial charge on any atom is -0.396 e. The standard InChI is InChI=1S/C15H28N2O2/c1-15(2,13-6-3-7-16-9-13)14(19)17-8-4-5-12(10-17)11-18/h12-13,16,18H,3-11H2,1-2H3. The van der Waals surface area contributed by atoms with Crippen molar-refractivity contribution in [3.63, 3.8) is 0 Å². The van der Waals surface area contributed by atoms with Crippen LogP contribution in [0.5, 0.6) is 0 Å². The number of nitrogens with zero attached hydrogens (tertiary/aromatic N) is 1. The van der Waals surface area contributed by atoms with Crippen molar-refractivity contribution in [2.24, 2.45) is 17.3 Å². The van der Waals surface area contributed by atoms with Gasteiger partial charge in [-0.2, -0.15) is 0 Å². The van der Waals surface area contributed by atoms with E-state index < -0.39 is 0 Å². The Balaban J connectivity index is 2.00. The maximum Gasteiger partial charge on any atom is 0.228 e. The van der Waals surface area contributed by atoms with E-state index in [9.17, 15) is 9.90 Å². The van der Waals surface area contributed by atoms with Crippen LogP contribution >= 0.6 is 0 Å². The predicted molar refractivity (Wildman–Crippen MR) is 75.8 cm³/mol. The summed E-state index contributed by atoms with van der Waals surface area (Å²) in [5, 5.41) is 12.7. The Morgan fingerprint density at radius 2 is 2.16 bits per heavy atom. The molecule has 2 fully saturated rings. The van der Waals surface area contributed by atoms with Gasteiger partial charge in [0.2, 0.25) is 5.91 Å². The molecule has 0 aromatic heterocycles. The number of hydrogen-bond acceptors (Lipinski definition) is 3. The van der Waals surface area contributed by atoms with Gasteiger partial charge in [-0.05, 0) is 50.6 Å². The summed E-state index contributed by atoms with van der Waals surface area (Å²) < 4.78 is 0. The van der Waals surface area contributed by atoms with Gasteiger partial charge in [-0.1, -0.05) is 13.8 Å². The topological polar surface area (TPSA) is 52.6 Å². The molecule has 2 aliphatic rings. The van der Waals surface area contributed by atoms with Crippen LogP contribution in [0.1, 0.15) is 39.5 Å². The highest BCUT2D eigenvalue weighted by Crippen LogP contribution is 2.34. The van der Waals surface area contributed by atoms with Crippen molar-refractivity contribution in [2.45, 2.75) is 39.5 Å². The van der Waals surface area contributed by atoms with E-state index in [0.29, 0.717) is 5.92 Å². The minimum atomic E-state index is -0.287. The second-order valence-corrected chi connectivity index (χ2v) is 6.71. The summed E-state index contributed by atoms with van der Waals surface area (Å²) in [6.45, 7) is 8.02. The highest BCUT2D eigenvalue weighted by atomic mass is 16.3. The number of piperidine rings is 2. The second kappa shape index (κ2) is 6.23. The highest BCUT2D eigenvalue weighted by molar-refractivity contribution is 5.82. The summed E-state index contributed by atoms with van der Waals surface area (Å²) >= 11 is 0. The summed E-state index contributed by atoms with van der Waals surface area (Å²) in [5.41, 5.74) is -0.287. The minimum absolute atomic E-state index is 0.204. The number of aliphatic hydroxyl groups is 1. The molecule has 2 atom stereocenters. The van der Waals surface area contributed by atoms with Crippen molar-refractivity contribution < 1.29 is 9.90 Å². The first-order valence-electron chi connectivity index (χ1n) is 7.66. The Kier molecular flexibility index (Phi) is 4.85. The van der Waals surface area contributed by atoms with Gasteiger partial charge >= 0.3 is 0 Å². The van der Waals surface area contributed by atoms with Gasteiger partial charge in [-0.25, -0.2) is 0 Å². The van der Waals surface area contributed by atoms with Crippen LogP contribution in [-0.4, -0.2) is 48.7 Å². The fraction of sp³-hybridized carbons (Fsp3) is 0.933. The molecule has 2 unspecified atom stereocenters. The predicted octanol–water partition coefficient (Wildman–Crippen LogP) is 1.24. The van der Waals surface area contributed by atoms with E-state index in [2.05, 4.69) is 19.2 Å². The van der Waals surface area contributed by atoms with Crippen LogP contribution in [0.2, 0.25) is 0 Å². The SMILES string of the molecule is CC(C)(C(=O)N1CCCC(CO)C1)C1CCCNC1. The van der Waals surface area contributed by atoms with Crippen LogP contribution in [0.15, 0.2) is 0 Å². The largest absolute Gasteiger partial charge is 0.396 e. The van der Waals surface area contributed by atoms with Gasteiger partial charge in [0.1, 0.15) is 0 Å². The van der Waals surface area contributed by atoms with Gasteiger partial charge < -0.3 is 15.3 Å². The average Bonchev–Trinajstić information content (AvgIpc) is 2.47. The van der Waals surface area contributed by atoms with Gasteiger partial charge in [0.05, 0.1) is 0 Å². The van der Waals surface area contributed by atoms with Gasteiger partial charge in [-0.15, -0.1) is 0 Å². The van der Waals surface area contributed by atoms with Crippen molar-refractivity contribution in [1.82, 2.24) is 10.2 Å². The molecule has 0 saturated carbocycles. The third kappa shape index (κ3) is 3.29. The molecule has 0 aromatic rings. The maximum atomic E-state index is 12.8. The molecule has 0 aliphatic carbocycles. The number of carbonyl (C=O) groups excluding carboxylic acids is 1. The summed E-state index contributed by atoms with van der Waals surface area (Å²) in [6, 6.07) is 0. The van der Waals surface area contributed by atoms with Crippen molar-refractivity contribution in [2.75, 3.05) is 32.8 Å². The lowest BCUT2D eigenvalue weighted by Crippen LogP contribution is -2.51. The summed E-state index contributed by atoms with van der Waals surface area (Å²) in [4.78, 5) is 14.8. The van der Waals surface area contributed by atoms with Crippen LogP contribution in [0.25, 0.3) is 0 Å². The zero-order chi connectivity index (χ0) is 13.9. The third-order valence-electron chi connectivity index (χ3n) is 4.93. The molecule has 1 amide bonds. The zero-order valence-corrected chi connectivity index (χ0v) is 12.3. The van der Waals surface area contributed by atoms with Gasteiger partial charge in [0, 0.05) is 25.1 Å². The van der Waals surface area contributed by atoms with Crippen LogP contribution in [0, 0.1) is 17.3 Å². The Hall–Kier alpha value is -0.610. The third-order valence-corrected chi connectivity index (χ3v) is 4.93. The summed E-state index contributed by atoms with van der Waals surface area (Å²) in [7, 11) is 0. The molecule has 0 spiro atoms. The lowest BCUT2D eigenvalue weighted by molar-refractivity contribution is -0.146. The molecule has 4 heteroatoms. The van der Waals surface area contributed by atoms with E-state index in [0.717, 1.165) is 45.4 Å². The number of likely N-dealkylation sites (tertiary alicyclic amines) is 1. The number of rotatable bonds is 3. The summed E-state index contributed by atoms with van der Waals surface area (Å²) in [5.74, 6) is 0.987. The first-order chi connectivity index (χ1) is 9.05. The van der Waals surface area contributed by atoms with Crippen molar-refractivity contribution in [3.8, 4) is 0 Å². The van der Waals surface area contributed by atoms with Crippen LogP contribution in [-0.2, 0) is 4.79 Å². The monoisotopic (exact) mass is 268 g/mol. The molecule has 0 bridgehead atoms. The van der Waals surface area contributed by atoms with Gasteiger partial charge in [0.15, 0.2) is 0 Å². The van der Waals surface area contributed by atoms with E-state index in [-0.39, 0.29) is 23.8 Å². The highest BCUT2D eigenvalue weighted by Gasteiger charge is 2.40. The normalized spacial score (nSPS) is 29.3. The van der Waals surface area contributed by atoms with Crippen LogP contribution in [0.4, 0.5) is 0 Å². The second-order valence-electron chi connectivity index (χ2n) is 6.71. The average molecular weight is 268 g/mol. The molecule has 19 heavy (non-hydrogen) atoms. The number of nitrogens with one attached hydrogen (secondary N) is 1. The van der Waals surface area contributed by atoms with Crippen molar-refractivity contribution in [3.05, 3.63) is 0 Å². The smallest absolute Gasteiger partial charge is 0.228 e. The van der Waals surface area contributed by atoms with Crippen molar-refractivity contribution >= 4 is 5.91 Å². The number of carbonyl (C=O) groups is 1. The fourth-order valence-electron chi connectivity index (χ4n) is 3.45. The lowest BCUT2D eigenvalue weighted by atomic mass is 9.73. The Morgan fingerprint density at radius 3 is 2.79 bits per heavy atom. The number of amides is 1. The van der Waals surface area contributed by atoms with Crippen LogP contribution in [0.3, 0.4) is 0 Å². The molecule has 2 N–H and O–H groups in total. The zero-order valence-electron chi connectivity index (χ0n) is 12.3. The molecule has 110 valence electrons. The molecule has 2 aliphatic heterocycles. The first kappa shape index (κ1) is 14.8. The van der Waals surface area contributed by atoms with Gasteiger partial charge in [0.25, 0.3) is 0 Å². The maximum absolute atomic E-state index is 12.8. The van der Waals surface area contributed by atoms with E-state index in [1.165, 1.54) is 6.42 Å². The van der Waals surface area contributed by atoms with Gasteiger partial charge in [-0.3, -0.25) is 4.79 Å².